The van der Waals surface area contributed by atoms with Crippen molar-refractivity contribution in [2.75, 3.05) is 13.2 Å². The fraction of sp³-hybridized carbons (Fsp3) is 0.450. The number of amides is 2. The second-order valence-corrected chi connectivity index (χ2v) is 8.09. The minimum Gasteiger partial charge on any atom is -0.490 e. The van der Waals surface area contributed by atoms with Crippen LogP contribution in [-0.4, -0.2) is 36.3 Å². The zero-order valence-electron chi connectivity index (χ0n) is 15.2. The molecule has 4 unspecified atom stereocenters. The Bertz CT molecular complexity index is 821. The highest BCUT2D eigenvalue weighted by Crippen LogP contribution is 2.52. The van der Waals surface area contributed by atoms with Crippen LogP contribution in [0.1, 0.15) is 25.8 Å². The fourth-order valence-electron chi connectivity index (χ4n) is 4.33. The highest BCUT2D eigenvalue weighted by molar-refractivity contribution is 14.1. The molecule has 2 aliphatic carbocycles. The van der Waals surface area contributed by atoms with Crippen molar-refractivity contribution in [2.24, 2.45) is 28.8 Å². The van der Waals surface area contributed by atoms with Crippen LogP contribution in [0.15, 0.2) is 29.4 Å². The van der Waals surface area contributed by atoms with Gasteiger partial charge in [0.25, 0.3) is 11.8 Å². The van der Waals surface area contributed by atoms with Gasteiger partial charge >= 0.3 is 0 Å². The molecule has 6 nitrogen and oxygen atoms in total. The van der Waals surface area contributed by atoms with Gasteiger partial charge in [-0.05, 0) is 72.4 Å². The van der Waals surface area contributed by atoms with E-state index < -0.39 is 0 Å². The van der Waals surface area contributed by atoms with Gasteiger partial charge in [0.2, 0.25) is 0 Å². The van der Waals surface area contributed by atoms with E-state index in [1.165, 1.54) is 0 Å². The first kappa shape index (κ1) is 18.5. The summed E-state index contributed by atoms with van der Waals surface area (Å²) in [5.41, 5.74) is 0.755. The molecule has 0 radical (unpaired) electrons. The van der Waals surface area contributed by atoms with Crippen LogP contribution < -0.4 is 9.47 Å². The van der Waals surface area contributed by atoms with E-state index in [9.17, 15) is 9.59 Å². The Morgan fingerprint density at radius 1 is 1.11 bits per heavy atom. The predicted molar refractivity (Wildman–Crippen MR) is 109 cm³/mol. The van der Waals surface area contributed by atoms with Crippen molar-refractivity contribution in [3.05, 3.63) is 33.4 Å². The number of benzene rings is 1. The second-order valence-electron chi connectivity index (χ2n) is 6.93. The van der Waals surface area contributed by atoms with Gasteiger partial charge < -0.3 is 9.47 Å². The maximum atomic E-state index is 12.7. The Hall–Kier alpha value is -1.90. The molecule has 4 rings (SSSR count). The predicted octanol–water partition coefficient (Wildman–Crippen LogP) is 3.23. The lowest BCUT2D eigenvalue weighted by Crippen LogP contribution is -2.28. The van der Waals surface area contributed by atoms with E-state index in [1.54, 1.807) is 6.21 Å². The molecule has 7 heteroatoms. The van der Waals surface area contributed by atoms with Crippen molar-refractivity contribution in [1.29, 1.82) is 0 Å². The van der Waals surface area contributed by atoms with Gasteiger partial charge in [-0.15, -0.1) is 0 Å². The second kappa shape index (κ2) is 7.26. The van der Waals surface area contributed by atoms with E-state index in [1.807, 2.05) is 26.0 Å². The molecule has 1 saturated heterocycles. The number of hydrogen-bond acceptors (Lipinski definition) is 5. The number of carbonyl (C=O) groups is 2. The third-order valence-electron chi connectivity index (χ3n) is 5.39. The summed E-state index contributed by atoms with van der Waals surface area (Å²) in [7, 11) is 0. The maximum Gasteiger partial charge on any atom is 0.254 e. The van der Waals surface area contributed by atoms with Gasteiger partial charge in [-0.25, -0.2) is 0 Å². The molecule has 1 aliphatic heterocycles. The summed E-state index contributed by atoms with van der Waals surface area (Å²) in [5, 5.41) is 5.30. The van der Waals surface area contributed by atoms with Crippen molar-refractivity contribution in [2.45, 2.75) is 20.3 Å². The van der Waals surface area contributed by atoms with E-state index in [-0.39, 0.29) is 35.5 Å². The third kappa shape index (κ3) is 3.05. The largest absolute Gasteiger partial charge is 0.490 e. The van der Waals surface area contributed by atoms with Crippen LogP contribution in [0.3, 0.4) is 0 Å². The fourth-order valence-corrected chi connectivity index (χ4v) is 5.12. The van der Waals surface area contributed by atoms with Crippen LogP contribution in [0.25, 0.3) is 0 Å². The standard InChI is InChI=1S/C20H21IN2O4/c1-3-26-15-8-11(7-14(21)18(15)27-4-2)10-22-23-19(24)16-12-5-6-13(9-12)17(16)20(23)25/h5-8,10,12-13,16-17H,3-4,9H2,1-2H3/b22-10+. The van der Waals surface area contributed by atoms with Crippen molar-refractivity contribution >= 4 is 40.6 Å². The van der Waals surface area contributed by atoms with Gasteiger partial charge in [0.1, 0.15) is 0 Å². The molecule has 2 amide bonds. The maximum absolute atomic E-state index is 12.7. The Balaban J connectivity index is 1.58. The van der Waals surface area contributed by atoms with Gasteiger partial charge in [-0.3, -0.25) is 9.59 Å². The molecule has 0 aromatic heterocycles. The molecule has 0 spiro atoms. The molecular formula is C20H21IN2O4. The van der Waals surface area contributed by atoms with Crippen LogP contribution in [0.5, 0.6) is 11.5 Å². The highest BCUT2D eigenvalue weighted by atomic mass is 127. The van der Waals surface area contributed by atoms with Crippen LogP contribution in [-0.2, 0) is 9.59 Å². The molecule has 1 saturated carbocycles. The van der Waals surface area contributed by atoms with Gasteiger partial charge in [0.05, 0.1) is 34.8 Å². The number of fused-ring (bicyclic) bond motifs is 5. The Labute approximate surface area is 171 Å². The molecule has 27 heavy (non-hydrogen) atoms. The summed E-state index contributed by atoms with van der Waals surface area (Å²) >= 11 is 2.18. The number of hydrogen-bond donors (Lipinski definition) is 0. The minimum atomic E-state index is -0.232. The summed E-state index contributed by atoms with van der Waals surface area (Å²) in [6.45, 7) is 4.88. The lowest BCUT2D eigenvalue weighted by Gasteiger charge is -2.14. The van der Waals surface area contributed by atoms with Crippen LogP contribution in [0, 0.1) is 27.2 Å². The van der Waals surface area contributed by atoms with Crippen molar-refractivity contribution in [1.82, 2.24) is 5.01 Å². The zero-order valence-corrected chi connectivity index (χ0v) is 17.4. The van der Waals surface area contributed by atoms with E-state index >= 15 is 0 Å². The number of ether oxygens (including phenoxy) is 2. The number of halogens is 1. The van der Waals surface area contributed by atoms with Crippen LogP contribution in [0.4, 0.5) is 0 Å². The summed E-state index contributed by atoms with van der Waals surface area (Å²) < 4.78 is 12.2. The summed E-state index contributed by atoms with van der Waals surface area (Å²) in [4.78, 5) is 25.4. The number of rotatable bonds is 6. The number of nitrogens with zero attached hydrogens (tertiary/aromatic N) is 2. The van der Waals surface area contributed by atoms with E-state index in [2.05, 4.69) is 39.8 Å². The number of carbonyl (C=O) groups excluding carboxylic acids is 2. The highest BCUT2D eigenvalue weighted by Gasteiger charge is 2.59. The van der Waals surface area contributed by atoms with Crippen molar-refractivity contribution < 1.29 is 19.1 Å². The van der Waals surface area contributed by atoms with Crippen molar-refractivity contribution in [3.8, 4) is 11.5 Å². The normalized spacial score (nSPS) is 28.5. The van der Waals surface area contributed by atoms with E-state index in [0.29, 0.717) is 24.7 Å². The van der Waals surface area contributed by atoms with Crippen LogP contribution >= 0.6 is 22.6 Å². The van der Waals surface area contributed by atoms with Crippen molar-refractivity contribution in [3.63, 3.8) is 0 Å². The molecule has 1 aromatic carbocycles. The van der Waals surface area contributed by atoms with Gasteiger partial charge in [0.15, 0.2) is 11.5 Å². The topological polar surface area (TPSA) is 68.2 Å². The van der Waals surface area contributed by atoms with Gasteiger partial charge in [0, 0.05) is 0 Å². The minimum absolute atomic E-state index is 0.177. The first-order valence-electron chi connectivity index (χ1n) is 9.24. The SMILES string of the molecule is CCOc1cc(/C=N/N2C(=O)C3C4C=CC(C4)C3C2=O)cc(I)c1OCC. The molecule has 1 aromatic rings. The number of hydrazone groups is 1. The first-order chi connectivity index (χ1) is 13.0. The number of allylic oxidation sites excluding steroid dienone is 2. The quantitative estimate of drug-likeness (QED) is 0.272. The monoisotopic (exact) mass is 480 g/mol. The third-order valence-corrected chi connectivity index (χ3v) is 6.19. The van der Waals surface area contributed by atoms with Crippen LogP contribution in [0.2, 0.25) is 0 Å². The van der Waals surface area contributed by atoms with Gasteiger partial charge in [-0.1, -0.05) is 12.2 Å². The summed E-state index contributed by atoms with van der Waals surface area (Å²) in [6, 6.07) is 3.71. The summed E-state index contributed by atoms with van der Waals surface area (Å²) in [6.07, 6.45) is 6.62. The Morgan fingerprint density at radius 2 is 1.74 bits per heavy atom. The first-order valence-corrected chi connectivity index (χ1v) is 10.3. The molecule has 1 heterocycles. The van der Waals surface area contributed by atoms with E-state index in [4.69, 9.17) is 9.47 Å². The summed E-state index contributed by atoms with van der Waals surface area (Å²) in [5.74, 6) is 0.884. The molecule has 2 fully saturated rings. The average Bonchev–Trinajstić information content (AvgIpc) is 3.31. The molecule has 2 bridgehead atoms. The smallest absolute Gasteiger partial charge is 0.254 e. The van der Waals surface area contributed by atoms with E-state index in [0.717, 1.165) is 20.6 Å². The molecule has 142 valence electrons. The van der Waals surface area contributed by atoms with Gasteiger partial charge in [-0.2, -0.15) is 10.1 Å². The average molecular weight is 480 g/mol. The lowest BCUT2D eigenvalue weighted by molar-refractivity contribution is -0.140. The zero-order chi connectivity index (χ0) is 19.1. The molecule has 3 aliphatic rings. The Morgan fingerprint density at radius 3 is 2.33 bits per heavy atom. The lowest BCUT2D eigenvalue weighted by atomic mass is 9.85. The molecule has 4 atom stereocenters. The Kier molecular flexibility index (Phi) is 4.96. The molecular weight excluding hydrogens is 459 g/mol. The number of imide groups is 1. The molecule has 0 N–H and O–H groups in total.